The number of aromatic nitrogens is 2. The Morgan fingerprint density at radius 1 is 1.56 bits per heavy atom. The molecule has 2 fully saturated rings. The first-order valence-electron chi connectivity index (χ1n) is 6.59. The van der Waals surface area contributed by atoms with E-state index in [-0.39, 0.29) is 5.75 Å². The van der Waals surface area contributed by atoms with Gasteiger partial charge in [-0.1, -0.05) is 11.8 Å². The Balaban J connectivity index is 1.80. The lowest BCUT2D eigenvalue weighted by Gasteiger charge is -2.14. The number of hydrogen-bond donors (Lipinski definition) is 1. The molecule has 18 heavy (non-hydrogen) atoms. The Morgan fingerprint density at radius 3 is 2.83 bits per heavy atom. The highest BCUT2D eigenvalue weighted by Crippen LogP contribution is 2.44. The fraction of sp³-hybridized carbons (Fsp3) is 0.692. The first-order chi connectivity index (χ1) is 8.65. The maximum Gasteiger partial charge on any atom is 0.313 e. The van der Waals surface area contributed by atoms with Gasteiger partial charge in [0, 0.05) is 5.92 Å². The van der Waals surface area contributed by atoms with Crippen LogP contribution in [0.2, 0.25) is 0 Å². The first kappa shape index (κ1) is 12.1. The van der Waals surface area contributed by atoms with Gasteiger partial charge in [-0.15, -0.1) is 0 Å². The minimum absolute atomic E-state index is 0.118. The van der Waals surface area contributed by atoms with Crippen LogP contribution >= 0.6 is 11.8 Å². The molecular formula is C13H18N2O2S. The SMILES string of the molecule is CC(C1CC1)n1nc(C2CC2)cc1SCC(=O)O. The van der Waals surface area contributed by atoms with Crippen molar-refractivity contribution in [2.24, 2.45) is 5.92 Å². The third-order valence-corrected chi connectivity index (χ3v) is 4.74. The zero-order chi connectivity index (χ0) is 12.7. The Hall–Kier alpha value is -0.970. The molecule has 0 spiro atoms. The van der Waals surface area contributed by atoms with Gasteiger partial charge in [0.15, 0.2) is 0 Å². The van der Waals surface area contributed by atoms with Gasteiger partial charge in [-0.05, 0) is 44.6 Å². The van der Waals surface area contributed by atoms with Crippen LogP contribution in [0, 0.1) is 5.92 Å². The van der Waals surface area contributed by atoms with E-state index in [1.807, 2.05) is 0 Å². The minimum Gasteiger partial charge on any atom is -0.481 e. The number of rotatable bonds is 6. The van der Waals surface area contributed by atoms with E-state index < -0.39 is 5.97 Å². The molecule has 5 heteroatoms. The molecule has 4 nitrogen and oxygen atoms in total. The summed E-state index contributed by atoms with van der Waals surface area (Å²) in [5.41, 5.74) is 1.16. The summed E-state index contributed by atoms with van der Waals surface area (Å²) in [7, 11) is 0. The molecule has 1 heterocycles. The van der Waals surface area contributed by atoms with E-state index >= 15 is 0 Å². The normalized spacial score (nSPS) is 20.9. The van der Waals surface area contributed by atoms with Crippen LogP contribution < -0.4 is 0 Å². The Bertz CT molecular complexity index is 464. The van der Waals surface area contributed by atoms with Crippen molar-refractivity contribution in [2.75, 3.05) is 5.75 Å². The second-order valence-corrected chi connectivity index (χ2v) is 6.38. The predicted octanol–water partition coefficient (Wildman–Crippen LogP) is 2.91. The second-order valence-electron chi connectivity index (χ2n) is 5.39. The van der Waals surface area contributed by atoms with E-state index in [0.29, 0.717) is 12.0 Å². The van der Waals surface area contributed by atoms with E-state index in [4.69, 9.17) is 10.2 Å². The van der Waals surface area contributed by atoms with Crippen molar-refractivity contribution < 1.29 is 9.90 Å². The summed E-state index contributed by atoms with van der Waals surface area (Å²) in [4.78, 5) is 10.7. The zero-order valence-electron chi connectivity index (χ0n) is 10.5. The quantitative estimate of drug-likeness (QED) is 0.804. The van der Waals surface area contributed by atoms with Gasteiger partial charge in [-0.3, -0.25) is 9.48 Å². The van der Waals surface area contributed by atoms with E-state index in [1.165, 1.54) is 37.4 Å². The number of aliphatic carboxylic acids is 1. The average molecular weight is 266 g/mol. The number of nitrogens with zero attached hydrogens (tertiary/aromatic N) is 2. The summed E-state index contributed by atoms with van der Waals surface area (Å²) in [6.45, 7) is 2.20. The molecule has 2 aliphatic rings. The zero-order valence-corrected chi connectivity index (χ0v) is 11.3. The van der Waals surface area contributed by atoms with Gasteiger partial charge in [0.2, 0.25) is 0 Å². The van der Waals surface area contributed by atoms with E-state index in [1.54, 1.807) is 0 Å². The molecule has 98 valence electrons. The largest absolute Gasteiger partial charge is 0.481 e. The lowest BCUT2D eigenvalue weighted by Crippen LogP contribution is -2.11. The molecule has 0 bridgehead atoms. The van der Waals surface area contributed by atoms with Crippen LogP contribution in [0.4, 0.5) is 0 Å². The van der Waals surface area contributed by atoms with Crippen molar-refractivity contribution >= 4 is 17.7 Å². The van der Waals surface area contributed by atoms with Gasteiger partial charge in [-0.2, -0.15) is 5.10 Å². The fourth-order valence-corrected chi connectivity index (χ4v) is 3.10. The molecule has 0 radical (unpaired) electrons. The highest BCUT2D eigenvalue weighted by atomic mass is 32.2. The van der Waals surface area contributed by atoms with Crippen molar-refractivity contribution in [3.63, 3.8) is 0 Å². The van der Waals surface area contributed by atoms with Crippen molar-refractivity contribution in [1.29, 1.82) is 0 Å². The molecule has 0 amide bonds. The molecule has 0 saturated heterocycles. The second kappa shape index (κ2) is 4.61. The van der Waals surface area contributed by atoms with Crippen LogP contribution in [0.15, 0.2) is 11.1 Å². The molecule has 0 aliphatic heterocycles. The highest BCUT2D eigenvalue weighted by Gasteiger charge is 2.33. The average Bonchev–Trinajstić information content (AvgIpc) is 3.21. The minimum atomic E-state index is -0.764. The smallest absolute Gasteiger partial charge is 0.313 e. The summed E-state index contributed by atoms with van der Waals surface area (Å²) in [5, 5.41) is 14.5. The number of carboxylic acids is 1. The molecule has 2 aliphatic carbocycles. The van der Waals surface area contributed by atoms with Crippen molar-refractivity contribution in [3.8, 4) is 0 Å². The van der Waals surface area contributed by atoms with E-state index in [2.05, 4.69) is 17.7 Å². The van der Waals surface area contributed by atoms with Gasteiger partial charge in [0.05, 0.1) is 22.5 Å². The summed E-state index contributed by atoms with van der Waals surface area (Å²) in [6.07, 6.45) is 5.03. The van der Waals surface area contributed by atoms with Gasteiger partial charge < -0.3 is 5.11 Å². The van der Waals surface area contributed by atoms with Crippen molar-refractivity contribution in [1.82, 2.24) is 9.78 Å². The number of thioether (sulfide) groups is 1. The van der Waals surface area contributed by atoms with Crippen molar-refractivity contribution in [2.45, 2.75) is 49.6 Å². The molecule has 0 aromatic carbocycles. The van der Waals surface area contributed by atoms with Gasteiger partial charge in [0.1, 0.15) is 0 Å². The lowest BCUT2D eigenvalue weighted by molar-refractivity contribution is -0.133. The summed E-state index contributed by atoms with van der Waals surface area (Å²) < 4.78 is 2.07. The highest BCUT2D eigenvalue weighted by molar-refractivity contribution is 7.99. The third-order valence-electron chi connectivity index (χ3n) is 3.75. The standard InChI is InChI=1S/C13H18N2O2S/c1-8(9-2-3-9)15-12(18-7-13(16)17)6-11(14-15)10-4-5-10/h6,8-10H,2-5,7H2,1H3,(H,16,17). The summed E-state index contributed by atoms with van der Waals surface area (Å²) in [5.74, 6) is 0.718. The van der Waals surface area contributed by atoms with E-state index in [9.17, 15) is 4.79 Å². The van der Waals surface area contributed by atoms with E-state index in [0.717, 1.165) is 16.6 Å². The number of hydrogen-bond acceptors (Lipinski definition) is 3. The van der Waals surface area contributed by atoms with Gasteiger partial charge in [0.25, 0.3) is 0 Å². The van der Waals surface area contributed by atoms with Crippen LogP contribution in [0.3, 0.4) is 0 Å². The van der Waals surface area contributed by atoms with Crippen molar-refractivity contribution in [3.05, 3.63) is 11.8 Å². The predicted molar refractivity (Wildman–Crippen MR) is 70.0 cm³/mol. The van der Waals surface area contributed by atoms with Crippen LogP contribution in [0.25, 0.3) is 0 Å². The van der Waals surface area contributed by atoms with Crippen LogP contribution in [0.1, 0.15) is 50.3 Å². The molecule has 2 saturated carbocycles. The maximum absolute atomic E-state index is 10.7. The fourth-order valence-electron chi connectivity index (χ4n) is 2.29. The molecule has 3 rings (SSSR count). The van der Waals surface area contributed by atoms with Crippen LogP contribution in [0.5, 0.6) is 0 Å². The molecule has 1 aromatic heterocycles. The van der Waals surface area contributed by atoms with Crippen LogP contribution in [-0.4, -0.2) is 26.6 Å². The Morgan fingerprint density at radius 2 is 2.28 bits per heavy atom. The monoisotopic (exact) mass is 266 g/mol. The molecule has 1 atom stereocenters. The van der Waals surface area contributed by atoms with Gasteiger partial charge in [-0.25, -0.2) is 0 Å². The molecule has 1 aromatic rings. The van der Waals surface area contributed by atoms with Crippen LogP contribution in [-0.2, 0) is 4.79 Å². The van der Waals surface area contributed by atoms with Gasteiger partial charge >= 0.3 is 5.97 Å². The number of carboxylic acid groups (broad SMARTS) is 1. The molecule has 1 unspecified atom stereocenters. The lowest BCUT2D eigenvalue weighted by atomic mass is 10.2. The topological polar surface area (TPSA) is 55.1 Å². The summed E-state index contributed by atoms with van der Waals surface area (Å²) in [6, 6.07) is 2.51. The Kier molecular flexibility index (Phi) is 3.09. The third kappa shape index (κ3) is 2.55. The number of carbonyl (C=O) groups is 1. The Labute approximate surface area is 111 Å². The molecular weight excluding hydrogens is 248 g/mol. The first-order valence-corrected chi connectivity index (χ1v) is 7.57. The maximum atomic E-state index is 10.7. The molecule has 1 N–H and O–H groups in total. The summed E-state index contributed by atoms with van der Waals surface area (Å²) >= 11 is 1.40.